The second-order valence-electron chi connectivity index (χ2n) is 4.12. The van der Waals surface area contributed by atoms with E-state index < -0.39 is 0 Å². The van der Waals surface area contributed by atoms with Crippen molar-refractivity contribution in [3.8, 4) is 0 Å². The summed E-state index contributed by atoms with van der Waals surface area (Å²) >= 11 is 6.07. The zero-order chi connectivity index (χ0) is 12.7. The normalized spacial score (nSPS) is 12.2. The molecule has 3 nitrogen and oxygen atoms in total. The zero-order valence-corrected chi connectivity index (χ0v) is 11.1. The van der Waals surface area contributed by atoms with Crippen molar-refractivity contribution in [3.05, 3.63) is 34.9 Å². The van der Waals surface area contributed by atoms with E-state index in [2.05, 4.69) is 10.6 Å². The molecule has 0 aliphatic carbocycles. The molecule has 0 aliphatic rings. The van der Waals surface area contributed by atoms with Crippen molar-refractivity contribution in [2.45, 2.75) is 25.8 Å². The van der Waals surface area contributed by atoms with E-state index >= 15 is 0 Å². The summed E-state index contributed by atoms with van der Waals surface area (Å²) in [6, 6.07) is 7.81. The third-order valence-corrected chi connectivity index (χ3v) is 2.86. The van der Waals surface area contributed by atoms with Crippen LogP contribution in [-0.4, -0.2) is 25.5 Å². The van der Waals surface area contributed by atoms with Gasteiger partial charge in [-0.15, -0.1) is 0 Å². The summed E-state index contributed by atoms with van der Waals surface area (Å²) in [4.78, 5) is 11.5. The molecule has 94 valence electrons. The minimum absolute atomic E-state index is 0.0684. The van der Waals surface area contributed by atoms with Gasteiger partial charge in [0.05, 0.1) is 0 Å². The smallest absolute Gasteiger partial charge is 0.221 e. The van der Waals surface area contributed by atoms with Gasteiger partial charge in [-0.2, -0.15) is 0 Å². The van der Waals surface area contributed by atoms with E-state index in [0.29, 0.717) is 13.0 Å². The number of hydrogen-bond acceptors (Lipinski definition) is 2. The van der Waals surface area contributed by atoms with Gasteiger partial charge in [-0.25, -0.2) is 0 Å². The van der Waals surface area contributed by atoms with Crippen LogP contribution in [-0.2, 0) is 11.2 Å². The van der Waals surface area contributed by atoms with Crippen LogP contribution in [0.5, 0.6) is 0 Å². The Kier molecular flexibility index (Phi) is 6.01. The lowest BCUT2D eigenvalue weighted by molar-refractivity contribution is -0.121. The maximum Gasteiger partial charge on any atom is 0.221 e. The molecule has 1 aromatic rings. The molecule has 1 rings (SSSR count). The van der Waals surface area contributed by atoms with Crippen molar-refractivity contribution >= 4 is 17.5 Å². The predicted molar refractivity (Wildman–Crippen MR) is 71.3 cm³/mol. The monoisotopic (exact) mass is 254 g/mol. The van der Waals surface area contributed by atoms with Crippen LogP contribution in [0.3, 0.4) is 0 Å². The van der Waals surface area contributed by atoms with Gasteiger partial charge in [0, 0.05) is 24.0 Å². The van der Waals surface area contributed by atoms with Gasteiger partial charge in [0.1, 0.15) is 0 Å². The first-order chi connectivity index (χ1) is 8.13. The minimum Gasteiger partial charge on any atom is -0.353 e. The molecule has 1 amide bonds. The van der Waals surface area contributed by atoms with Crippen LogP contribution in [0.2, 0.25) is 5.02 Å². The number of carbonyl (C=O) groups excluding carboxylic acids is 1. The number of rotatable bonds is 6. The van der Waals surface area contributed by atoms with Gasteiger partial charge in [-0.05, 0) is 32.0 Å². The van der Waals surface area contributed by atoms with E-state index in [-0.39, 0.29) is 11.9 Å². The topological polar surface area (TPSA) is 41.1 Å². The molecule has 0 heterocycles. The molecule has 4 heteroatoms. The van der Waals surface area contributed by atoms with Gasteiger partial charge < -0.3 is 10.6 Å². The fraction of sp³-hybridized carbons (Fsp3) is 0.462. The molecular weight excluding hydrogens is 236 g/mol. The number of amides is 1. The first-order valence-electron chi connectivity index (χ1n) is 5.81. The van der Waals surface area contributed by atoms with Crippen LogP contribution in [0.1, 0.15) is 18.9 Å². The van der Waals surface area contributed by atoms with Crippen LogP contribution in [0.4, 0.5) is 0 Å². The molecule has 0 bridgehead atoms. The van der Waals surface area contributed by atoms with Crippen LogP contribution in [0.15, 0.2) is 24.3 Å². The summed E-state index contributed by atoms with van der Waals surface area (Å²) in [5.74, 6) is 0.0684. The minimum atomic E-state index is 0.0684. The Morgan fingerprint density at radius 1 is 1.41 bits per heavy atom. The third kappa shape index (κ3) is 5.20. The van der Waals surface area contributed by atoms with Crippen LogP contribution in [0.25, 0.3) is 0 Å². The maximum absolute atomic E-state index is 11.5. The lowest BCUT2D eigenvalue weighted by Crippen LogP contribution is -2.35. The molecule has 0 aromatic heterocycles. The Hall–Kier alpha value is -1.06. The molecule has 0 aliphatic heterocycles. The summed E-state index contributed by atoms with van der Waals surface area (Å²) in [5, 5.41) is 6.66. The average Bonchev–Trinajstić information content (AvgIpc) is 2.29. The highest BCUT2D eigenvalue weighted by molar-refractivity contribution is 6.31. The molecule has 0 fully saturated rings. The van der Waals surface area contributed by atoms with Crippen LogP contribution < -0.4 is 10.6 Å². The molecule has 0 spiro atoms. The molecule has 0 saturated heterocycles. The number of benzene rings is 1. The molecule has 1 unspecified atom stereocenters. The number of nitrogens with one attached hydrogen (secondary N) is 2. The van der Waals surface area contributed by atoms with Gasteiger partial charge >= 0.3 is 0 Å². The standard InChI is InChI=1S/C13H19ClN2O/c1-10(16-13(17)7-8-15-2)9-11-5-3-4-6-12(11)14/h3-6,10,15H,7-9H2,1-2H3,(H,16,17). The van der Waals surface area contributed by atoms with E-state index in [1.54, 1.807) is 0 Å². The van der Waals surface area contributed by atoms with E-state index in [1.807, 2.05) is 38.2 Å². The average molecular weight is 255 g/mol. The van der Waals surface area contributed by atoms with Crippen molar-refractivity contribution in [2.24, 2.45) is 0 Å². The molecular formula is C13H19ClN2O. The molecule has 2 N–H and O–H groups in total. The van der Waals surface area contributed by atoms with Crippen molar-refractivity contribution in [2.75, 3.05) is 13.6 Å². The molecule has 0 saturated carbocycles. The van der Waals surface area contributed by atoms with E-state index in [9.17, 15) is 4.79 Å². The summed E-state index contributed by atoms with van der Waals surface area (Å²) in [6.07, 6.45) is 1.26. The fourth-order valence-electron chi connectivity index (χ4n) is 1.63. The lowest BCUT2D eigenvalue weighted by atomic mass is 10.1. The first-order valence-corrected chi connectivity index (χ1v) is 6.18. The summed E-state index contributed by atoms with van der Waals surface area (Å²) in [5.41, 5.74) is 1.07. The van der Waals surface area contributed by atoms with E-state index in [0.717, 1.165) is 17.0 Å². The van der Waals surface area contributed by atoms with Crippen molar-refractivity contribution in [1.82, 2.24) is 10.6 Å². The largest absolute Gasteiger partial charge is 0.353 e. The van der Waals surface area contributed by atoms with Gasteiger partial charge in [-0.1, -0.05) is 29.8 Å². The molecule has 17 heavy (non-hydrogen) atoms. The summed E-state index contributed by atoms with van der Waals surface area (Å²) in [6.45, 7) is 2.69. The van der Waals surface area contributed by atoms with Crippen molar-refractivity contribution in [1.29, 1.82) is 0 Å². The first kappa shape index (κ1) is 14.0. The van der Waals surface area contributed by atoms with Crippen LogP contribution >= 0.6 is 11.6 Å². The van der Waals surface area contributed by atoms with E-state index in [1.165, 1.54) is 0 Å². The highest BCUT2D eigenvalue weighted by Gasteiger charge is 2.09. The number of carbonyl (C=O) groups is 1. The predicted octanol–water partition coefficient (Wildman–Crippen LogP) is 2.00. The second kappa shape index (κ2) is 7.30. The molecule has 1 aromatic carbocycles. The second-order valence-corrected chi connectivity index (χ2v) is 4.52. The van der Waals surface area contributed by atoms with Gasteiger partial charge in [-0.3, -0.25) is 4.79 Å². The number of hydrogen-bond donors (Lipinski definition) is 2. The van der Waals surface area contributed by atoms with Gasteiger partial charge in [0.25, 0.3) is 0 Å². The van der Waals surface area contributed by atoms with Gasteiger partial charge in [0.2, 0.25) is 5.91 Å². The maximum atomic E-state index is 11.5. The Labute approximate surface area is 108 Å². The fourth-order valence-corrected chi connectivity index (χ4v) is 1.84. The molecule has 1 atom stereocenters. The Morgan fingerprint density at radius 3 is 2.76 bits per heavy atom. The highest BCUT2D eigenvalue weighted by atomic mass is 35.5. The highest BCUT2D eigenvalue weighted by Crippen LogP contribution is 2.16. The Bertz CT molecular complexity index is 368. The zero-order valence-electron chi connectivity index (χ0n) is 10.3. The quantitative estimate of drug-likeness (QED) is 0.815. The third-order valence-electron chi connectivity index (χ3n) is 2.49. The van der Waals surface area contributed by atoms with E-state index in [4.69, 9.17) is 11.6 Å². The number of halogens is 1. The van der Waals surface area contributed by atoms with Crippen molar-refractivity contribution in [3.63, 3.8) is 0 Å². The SMILES string of the molecule is CNCCC(=O)NC(C)Cc1ccccc1Cl. The lowest BCUT2D eigenvalue weighted by Gasteiger charge is -2.14. The van der Waals surface area contributed by atoms with Crippen LogP contribution in [0, 0.1) is 0 Å². The van der Waals surface area contributed by atoms with Gasteiger partial charge in [0.15, 0.2) is 0 Å². The Balaban J connectivity index is 2.42. The summed E-state index contributed by atoms with van der Waals surface area (Å²) in [7, 11) is 1.83. The Morgan fingerprint density at radius 2 is 2.12 bits per heavy atom. The summed E-state index contributed by atoms with van der Waals surface area (Å²) < 4.78 is 0. The van der Waals surface area contributed by atoms with Crippen molar-refractivity contribution < 1.29 is 4.79 Å². The molecule has 0 radical (unpaired) electrons.